The number of benzene rings is 2. The summed E-state index contributed by atoms with van der Waals surface area (Å²) in [5.74, 6) is 5.67. The van der Waals surface area contributed by atoms with Crippen LogP contribution in [0.3, 0.4) is 0 Å². The van der Waals surface area contributed by atoms with Crippen LogP contribution in [0.1, 0.15) is 18.1 Å². The smallest absolute Gasteiger partial charge is 0.207 e. The molecule has 0 spiro atoms. The van der Waals surface area contributed by atoms with Crippen molar-refractivity contribution in [1.82, 2.24) is 4.31 Å². The molecule has 130 valence electrons. The summed E-state index contributed by atoms with van der Waals surface area (Å²) in [5, 5.41) is 0. The van der Waals surface area contributed by atoms with Crippen molar-refractivity contribution in [1.29, 1.82) is 0 Å². The van der Waals surface area contributed by atoms with Gasteiger partial charge in [-0.05, 0) is 38.0 Å². The van der Waals surface area contributed by atoms with Crippen molar-refractivity contribution in [2.75, 3.05) is 6.54 Å². The fraction of sp³-hybridized carbons (Fsp3) is 0.238. The van der Waals surface area contributed by atoms with Gasteiger partial charge in [-0.3, -0.25) is 0 Å². The van der Waals surface area contributed by atoms with Crippen molar-refractivity contribution >= 4 is 10.0 Å². The first kappa shape index (κ1) is 19.0. The molecule has 0 amide bonds. The molecular weight excluding hydrogens is 330 g/mol. The van der Waals surface area contributed by atoms with E-state index in [1.807, 2.05) is 37.3 Å². The molecule has 0 aromatic heterocycles. The molecule has 25 heavy (non-hydrogen) atoms. The second-order valence-electron chi connectivity index (χ2n) is 5.78. The van der Waals surface area contributed by atoms with E-state index in [1.165, 1.54) is 4.31 Å². The zero-order chi connectivity index (χ0) is 18.3. The molecule has 4 heteroatoms. The van der Waals surface area contributed by atoms with E-state index in [0.29, 0.717) is 6.42 Å². The highest BCUT2D eigenvalue weighted by Gasteiger charge is 2.29. The average Bonchev–Trinajstić information content (AvgIpc) is 2.62. The van der Waals surface area contributed by atoms with Crippen LogP contribution in [0, 0.1) is 18.8 Å². The second kappa shape index (κ2) is 8.66. The Morgan fingerprint density at radius 3 is 2.32 bits per heavy atom. The van der Waals surface area contributed by atoms with E-state index in [1.54, 1.807) is 37.3 Å². The van der Waals surface area contributed by atoms with Gasteiger partial charge in [0.25, 0.3) is 0 Å². The lowest BCUT2D eigenvalue weighted by Crippen LogP contribution is -2.40. The highest BCUT2D eigenvalue weighted by Crippen LogP contribution is 2.21. The van der Waals surface area contributed by atoms with Crippen LogP contribution in [-0.4, -0.2) is 25.3 Å². The van der Waals surface area contributed by atoms with Gasteiger partial charge in [0.1, 0.15) is 0 Å². The Hall–Kier alpha value is -2.35. The first-order valence-electron chi connectivity index (χ1n) is 8.13. The third-order valence-electron chi connectivity index (χ3n) is 3.97. The normalized spacial score (nSPS) is 12.3. The molecule has 1 unspecified atom stereocenters. The van der Waals surface area contributed by atoms with E-state index in [0.717, 1.165) is 11.1 Å². The predicted octanol–water partition coefficient (Wildman–Crippen LogP) is 3.81. The molecule has 3 nitrogen and oxygen atoms in total. The fourth-order valence-corrected chi connectivity index (χ4v) is 4.04. The second-order valence-corrected chi connectivity index (χ2v) is 7.67. The molecular formula is C21H23NO2S. The molecule has 1 atom stereocenters. The minimum atomic E-state index is -3.66. The van der Waals surface area contributed by atoms with Crippen molar-refractivity contribution in [3.8, 4) is 11.8 Å². The Bertz CT molecular complexity index is 860. The van der Waals surface area contributed by atoms with Gasteiger partial charge >= 0.3 is 0 Å². The topological polar surface area (TPSA) is 37.4 Å². The zero-order valence-corrected chi connectivity index (χ0v) is 15.5. The van der Waals surface area contributed by atoms with Crippen LogP contribution in [0.2, 0.25) is 0 Å². The van der Waals surface area contributed by atoms with Crippen molar-refractivity contribution in [2.45, 2.75) is 31.2 Å². The first-order valence-corrected chi connectivity index (χ1v) is 9.57. The summed E-state index contributed by atoms with van der Waals surface area (Å²) in [4.78, 5) is 0.274. The van der Waals surface area contributed by atoms with E-state index >= 15 is 0 Å². The predicted molar refractivity (Wildman–Crippen MR) is 103 cm³/mol. The highest BCUT2D eigenvalue weighted by atomic mass is 32.2. The zero-order valence-electron chi connectivity index (χ0n) is 14.6. The molecule has 2 aromatic rings. The highest BCUT2D eigenvalue weighted by molar-refractivity contribution is 7.89. The van der Waals surface area contributed by atoms with Crippen LogP contribution in [0.4, 0.5) is 0 Å². The largest absolute Gasteiger partial charge is 0.244 e. The Morgan fingerprint density at radius 2 is 1.76 bits per heavy atom. The van der Waals surface area contributed by atoms with Gasteiger partial charge in [-0.2, -0.15) is 4.31 Å². The van der Waals surface area contributed by atoms with E-state index in [2.05, 4.69) is 18.4 Å². The van der Waals surface area contributed by atoms with Gasteiger partial charge in [-0.15, -0.1) is 12.5 Å². The van der Waals surface area contributed by atoms with Gasteiger partial charge < -0.3 is 0 Å². The summed E-state index contributed by atoms with van der Waals surface area (Å²) < 4.78 is 27.7. The Kier molecular flexibility index (Phi) is 6.58. The monoisotopic (exact) mass is 353 g/mol. The van der Waals surface area contributed by atoms with E-state index < -0.39 is 10.0 Å². The molecule has 0 N–H and O–H groups in total. The molecule has 2 aromatic carbocycles. The van der Waals surface area contributed by atoms with E-state index in [-0.39, 0.29) is 17.5 Å². The molecule has 0 aliphatic heterocycles. The van der Waals surface area contributed by atoms with Gasteiger partial charge in [-0.1, -0.05) is 60.0 Å². The van der Waals surface area contributed by atoms with Crippen molar-refractivity contribution in [3.63, 3.8) is 0 Å². The number of nitrogens with zero attached hydrogens (tertiary/aromatic N) is 1. The van der Waals surface area contributed by atoms with Crippen LogP contribution >= 0.6 is 0 Å². The van der Waals surface area contributed by atoms with Gasteiger partial charge in [0.05, 0.1) is 11.4 Å². The number of hydrogen-bond acceptors (Lipinski definition) is 2. The summed E-state index contributed by atoms with van der Waals surface area (Å²) >= 11 is 0. The molecule has 0 bridgehead atoms. The molecule has 0 saturated carbocycles. The SMILES string of the molecule is C=CC(Cc1ccccc1)N(CC#CC)S(=O)(=O)c1ccc(C)cc1. The Balaban J connectivity index is 2.40. The maximum Gasteiger partial charge on any atom is 0.244 e. The first-order chi connectivity index (χ1) is 12.0. The molecule has 0 aliphatic rings. The number of rotatable bonds is 7. The van der Waals surface area contributed by atoms with Gasteiger partial charge in [0.15, 0.2) is 0 Å². The summed E-state index contributed by atoms with van der Waals surface area (Å²) in [7, 11) is -3.66. The Labute approximate surface area is 151 Å². The lowest BCUT2D eigenvalue weighted by molar-refractivity contribution is 0.392. The summed E-state index contributed by atoms with van der Waals surface area (Å²) in [6.45, 7) is 7.62. The average molecular weight is 353 g/mol. The fourth-order valence-electron chi connectivity index (χ4n) is 2.54. The molecule has 0 radical (unpaired) electrons. The van der Waals surface area contributed by atoms with Crippen LogP contribution < -0.4 is 0 Å². The van der Waals surface area contributed by atoms with E-state index in [4.69, 9.17) is 0 Å². The molecule has 2 rings (SSSR count). The van der Waals surface area contributed by atoms with Crippen LogP contribution in [0.15, 0.2) is 72.1 Å². The Morgan fingerprint density at radius 1 is 1.12 bits per heavy atom. The van der Waals surface area contributed by atoms with Crippen LogP contribution in [0.25, 0.3) is 0 Å². The molecule has 0 heterocycles. The lowest BCUT2D eigenvalue weighted by atomic mass is 10.1. The number of hydrogen-bond donors (Lipinski definition) is 0. The minimum Gasteiger partial charge on any atom is -0.207 e. The van der Waals surface area contributed by atoms with Crippen LogP contribution in [-0.2, 0) is 16.4 Å². The summed E-state index contributed by atoms with van der Waals surface area (Å²) in [6, 6.07) is 16.3. The maximum absolute atomic E-state index is 13.2. The molecule has 0 saturated heterocycles. The van der Waals surface area contributed by atoms with Gasteiger partial charge in [-0.25, -0.2) is 8.42 Å². The lowest BCUT2D eigenvalue weighted by Gasteiger charge is -2.27. The molecule has 0 aliphatic carbocycles. The standard InChI is InChI=1S/C21H23NO2S/c1-4-6-16-22(20(5-2)17-19-10-8-7-9-11-19)25(23,24)21-14-12-18(3)13-15-21/h5,7-15,20H,2,16-17H2,1,3H3. The van der Waals surface area contributed by atoms with Crippen molar-refractivity contribution in [3.05, 3.63) is 78.4 Å². The summed E-state index contributed by atoms with van der Waals surface area (Å²) in [6.07, 6.45) is 2.23. The van der Waals surface area contributed by atoms with Crippen LogP contribution in [0.5, 0.6) is 0 Å². The van der Waals surface area contributed by atoms with E-state index in [9.17, 15) is 8.42 Å². The number of sulfonamides is 1. The quantitative estimate of drug-likeness (QED) is 0.561. The summed E-state index contributed by atoms with van der Waals surface area (Å²) in [5.41, 5.74) is 2.07. The maximum atomic E-state index is 13.2. The third-order valence-corrected chi connectivity index (χ3v) is 5.85. The molecule has 0 fully saturated rings. The van der Waals surface area contributed by atoms with Gasteiger partial charge in [0, 0.05) is 6.04 Å². The minimum absolute atomic E-state index is 0.135. The van der Waals surface area contributed by atoms with Gasteiger partial charge in [0.2, 0.25) is 10.0 Å². The number of aryl methyl sites for hydroxylation is 1. The third kappa shape index (κ3) is 4.82. The van der Waals surface area contributed by atoms with Crippen molar-refractivity contribution in [2.24, 2.45) is 0 Å². The van der Waals surface area contributed by atoms with Crippen molar-refractivity contribution < 1.29 is 8.42 Å².